The average molecular weight is 332 g/mol. The number of carbonyl (C=O) groups excluding carboxylic acids is 1. The first-order chi connectivity index (χ1) is 11.3. The van der Waals surface area contributed by atoms with Gasteiger partial charge in [0.25, 0.3) is 0 Å². The minimum atomic E-state index is -0.718. The monoisotopic (exact) mass is 332 g/mol. The summed E-state index contributed by atoms with van der Waals surface area (Å²) < 4.78 is 5.01. The molecule has 132 valence electrons. The van der Waals surface area contributed by atoms with Gasteiger partial charge in [0.1, 0.15) is 6.61 Å². The van der Waals surface area contributed by atoms with Gasteiger partial charge in [-0.1, -0.05) is 25.5 Å². The van der Waals surface area contributed by atoms with Crippen LogP contribution in [0.4, 0.5) is 0 Å². The van der Waals surface area contributed by atoms with Crippen LogP contribution in [0.3, 0.4) is 0 Å². The smallest absolute Gasteiger partial charge is 0.334 e. The Morgan fingerprint density at radius 3 is 2.75 bits per heavy atom. The number of hydrogen-bond donors (Lipinski definition) is 1. The Kier molecular flexibility index (Phi) is 4.35. The molecule has 4 nitrogen and oxygen atoms in total. The fourth-order valence-corrected chi connectivity index (χ4v) is 5.40. The van der Waals surface area contributed by atoms with Gasteiger partial charge in [0.2, 0.25) is 0 Å². The van der Waals surface area contributed by atoms with Crippen LogP contribution in [0.5, 0.6) is 0 Å². The summed E-state index contributed by atoms with van der Waals surface area (Å²) in [5.41, 5.74) is 1.00. The Hall–Kier alpha value is -1.58. The van der Waals surface area contributed by atoms with Crippen molar-refractivity contribution < 1.29 is 19.4 Å². The maximum absolute atomic E-state index is 12.3. The van der Waals surface area contributed by atoms with Crippen molar-refractivity contribution in [2.75, 3.05) is 6.61 Å². The van der Waals surface area contributed by atoms with Crippen molar-refractivity contribution in [2.24, 2.45) is 22.7 Å². The number of carboxylic acid groups (broad SMARTS) is 1. The van der Waals surface area contributed by atoms with E-state index in [1.165, 1.54) is 0 Å². The van der Waals surface area contributed by atoms with Crippen LogP contribution in [-0.2, 0) is 14.3 Å². The Labute approximate surface area is 144 Å². The van der Waals surface area contributed by atoms with Crippen LogP contribution in [0.1, 0.15) is 59.3 Å². The lowest BCUT2D eigenvalue weighted by molar-refractivity contribution is -0.162. The van der Waals surface area contributed by atoms with E-state index in [1.54, 1.807) is 0 Å². The molecule has 0 radical (unpaired) electrons. The lowest BCUT2D eigenvalue weighted by Crippen LogP contribution is -2.54. The normalized spacial score (nSPS) is 38.9. The first kappa shape index (κ1) is 17.2. The third kappa shape index (κ3) is 2.42. The molecule has 1 fully saturated rings. The minimum absolute atomic E-state index is 0.0735. The molecule has 0 spiro atoms. The van der Waals surface area contributed by atoms with Crippen molar-refractivity contribution in [3.8, 4) is 0 Å². The number of esters is 1. The molecule has 1 saturated carbocycles. The van der Waals surface area contributed by atoms with Crippen LogP contribution in [0.15, 0.2) is 23.3 Å². The maximum Gasteiger partial charge on any atom is 0.334 e. The summed E-state index contributed by atoms with van der Waals surface area (Å²) in [7, 11) is 0. The molecule has 4 heteroatoms. The number of fused-ring (bicyclic) bond motifs is 1. The fourth-order valence-electron chi connectivity index (χ4n) is 5.40. The number of ether oxygens (including phenoxy) is 1. The first-order valence-electron chi connectivity index (χ1n) is 9.09. The third-order valence-corrected chi connectivity index (χ3v) is 7.22. The standard InChI is InChI=1S/C20H28O4/c1-13-7-11-20(18(22)23)14(2)5-4-6-16(20)19(13,3)10-8-15-9-12-24-17(15)21/h5,9,13,16H,4,6-8,10-12H2,1-3H3,(H,22,23)/t13-,16+,19-,20-/m1/s1. The quantitative estimate of drug-likeness (QED) is 0.621. The molecule has 2 aliphatic carbocycles. The number of carbonyl (C=O) groups is 2. The van der Waals surface area contributed by atoms with Gasteiger partial charge in [-0.3, -0.25) is 4.79 Å². The van der Waals surface area contributed by atoms with E-state index in [-0.39, 0.29) is 17.3 Å². The summed E-state index contributed by atoms with van der Waals surface area (Å²) in [4.78, 5) is 24.0. The lowest BCUT2D eigenvalue weighted by Gasteiger charge is -2.57. The second-order valence-electron chi connectivity index (χ2n) is 8.07. The van der Waals surface area contributed by atoms with Gasteiger partial charge in [-0.25, -0.2) is 4.79 Å². The SMILES string of the molecule is CC1=CCC[C@@H]2[C@@]1(C(=O)O)CC[C@@H](C)[C@@]2(C)CCC1=CCOC1=O. The van der Waals surface area contributed by atoms with Crippen LogP contribution < -0.4 is 0 Å². The molecule has 4 atom stereocenters. The lowest BCUT2D eigenvalue weighted by atomic mass is 9.46. The zero-order chi connectivity index (χ0) is 17.5. The highest BCUT2D eigenvalue weighted by molar-refractivity contribution is 5.90. The molecule has 0 amide bonds. The highest BCUT2D eigenvalue weighted by Gasteiger charge is 2.59. The number of allylic oxidation sites excluding steroid dienone is 1. The van der Waals surface area contributed by atoms with Gasteiger partial charge in [0, 0.05) is 5.57 Å². The van der Waals surface area contributed by atoms with Crippen molar-refractivity contribution in [1.29, 1.82) is 0 Å². The number of cyclic esters (lactones) is 1. The molecule has 0 aromatic heterocycles. The Morgan fingerprint density at radius 1 is 1.38 bits per heavy atom. The van der Waals surface area contributed by atoms with Crippen LogP contribution in [0.25, 0.3) is 0 Å². The number of carboxylic acids is 1. The van der Waals surface area contributed by atoms with Gasteiger partial charge >= 0.3 is 11.9 Å². The molecular weight excluding hydrogens is 304 g/mol. The number of rotatable bonds is 4. The molecule has 1 N–H and O–H groups in total. The molecule has 24 heavy (non-hydrogen) atoms. The Bertz CT molecular complexity index is 617. The predicted molar refractivity (Wildman–Crippen MR) is 91.3 cm³/mol. The van der Waals surface area contributed by atoms with E-state index in [0.29, 0.717) is 18.9 Å². The van der Waals surface area contributed by atoms with E-state index in [9.17, 15) is 14.7 Å². The zero-order valence-electron chi connectivity index (χ0n) is 14.9. The average Bonchev–Trinajstić information content (AvgIpc) is 2.95. The van der Waals surface area contributed by atoms with Gasteiger partial charge in [-0.2, -0.15) is 0 Å². The highest BCUT2D eigenvalue weighted by Crippen LogP contribution is 2.62. The third-order valence-electron chi connectivity index (χ3n) is 7.22. The summed E-state index contributed by atoms with van der Waals surface area (Å²) in [6, 6.07) is 0. The molecule has 1 aliphatic heterocycles. The van der Waals surface area contributed by atoms with E-state index in [1.807, 2.05) is 13.0 Å². The molecule has 0 aromatic rings. The Balaban J connectivity index is 1.91. The predicted octanol–water partition coefficient (Wildman–Crippen LogP) is 4.11. The molecule has 3 aliphatic rings. The van der Waals surface area contributed by atoms with Crippen LogP contribution in [-0.4, -0.2) is 23.7 Å². The molecule has 1 heterocycles. The van der Waals surface area contributed by atoms with Gasteiger partial charge in [-0.05, 0) is 68.8 Å². The van der Waals surface area contributed by atoms with E-state index >= 15 is 0 Å². The fraction of sp³-hybridized carbons (Fsp3) is 0.700. The van der Waals surface area contributed by atoms with Gasteiger partial charge in [0.05, 0.1) is 5.41 Å². The van der Waals surface area contributed by atoms with E-state index in [2.05, 4.69) is 19.9 Å². The molecule has 0 aromatic carbocycles. The van der Waals surface area contributed by atoms with Gasteiger partial charge < -0.3 is 9.84 Å². The van der Waals surface area contributed by atoms with Crippen molar-refractivity contribution in [3.63, 3.8) is 0 Å². The molecule has 0 bridgehead atoms. The van der Waals surface area contributed by atoms with Gasteiger partial charge in [0.15, 0.2) is 0 Å². The van der Waals surface area contributed by atoms with Crippen LogP contribution in [0.2, 0.25) is 0 Å². The van der Waals surface area contributed by atoms with Crippen molar-refractivity contribution >= 4 is 11.9 Å². The maximum atomic E-state index is 12.3. The molecule has 0 saturated heterocycles. The number of aliphatic carboxylic acids is 1. The van der Waals surface area contributed by atoms with Crippen molar-refractivity contribution in [3.05, 3.63) is 23.3 Å². The summed E-state index contributed by atoms with van der Waals surface area (Å²) in [6.07, 6.45) is 9.07. The summed E-state index contributed by atoms with van der Waals surface area (Å²) >= 11 is 0. The zero-order valence-corrected chi connectivity index (χ0v) is 14.9. The largest absolute Gasteiger partial charge is 0.481 e. The molecular formula is C20H28O4. The molecule has 3 rings (SSSR count). The first-order valence-corrected chi connectivity index (χ1v) is 9.09. The van der Waals surface area contributed by atoms with E-state index < -0.39 is 11.4 Å². The summed E-state index contributed by atoms with van der Waals surface area (Å²) in [6.45, 7) is 6.87. The van der Waals surface area contributed by atoms with E-state index in [0.717, 1.165) is 43.3 Å². The summed E-state index contributed by atoms with van der Waals surface area (Å²) in [5.74, 6) is -0.280. The van der Waals surface area contributed by atoms with E-state index in [4.69, 9.17) is 4.74 Å². The molecule has 0 unspecified atom stereocenters. The van der Waals surface area contributed by atoms with Crippen LogP contribution >= 0.6 is 0 Å². The number of hydrogen-bond acceptors (Lipinski definition) is 3. The second kappa shape index (κ2) is 6.05. The second-order valence-corrected chi connectivity index (χ2v) is 8.07. The van der Waals surface area contributed by atoms with Crippen molar-refractivity contribution in [2.45, 2.75) is 59.3 Å². The summed E-state index contributed by atoms with van der Waals surface area (Å²) in [5, 5.41) is 10.1. The Morgan fingerprint density at radius 2 is 2.12 bits per heavy atom. The minimum Gasteiger partial charge on any atom is -0.481 e. The van der Waals surface area contributed by atoms with Crippen LogP contribution in [0, 0.1) is 22.7 Å². The topological polar surface area (TPSA) is 63.6 Å². The van der Waals surface area contributed by atoms with Gasteiger partial charge in [-0.15, -0.1) is 0 Å². The van der Waals surface area contributed by atoms with Crippen molar-refractivity contribution in [1.82, 2.24) is 0 Å². The highest BCUT2D eigenvalue weighted by atomic mass is 16.5.